The fourth-order valence-corrected chi connectivity index (χ4v) is 11.0. The summed E-state index contributed by atoms with van der Waals surface area (Å²) in [7, 11) is 0. The Morgan fingerprint density at radius 2 is 1.58 bits per heavy atom. The van der Waals surface area contributed by atoms with E-state index in [-0.39, 0.29) is 46.8 Å². The van der Waals surface area contributed by atoms with Gasteiger partial charge in [0.05, 0.1) is 24.7 Å². The number of hydrogen-bond acceptors (Lipinski definition) is 6. The van der Waals surface area contributed by atoms with Crippen molar-refractivity contribution >= 4 is 11.8 Å². The number of cyclic esters (lactones) is 1. The summed E-state index contributed by atoms with van der Waals surface area (Å²) in [5.41, 5.74) is 0.0746. The maximum absolute atomic E-state index is 13.8. The minimum absolute atomic E-state index is 0.0297. The molecule has 38 heavy (non-hydrogen) atoms. The van der Waals surface area contributed by atoms with Crippen LogP contribution in [0.2, 0.25) is 0 Å². The van der Waals surface area contributed by atoms with Crippen molar-refractivity contribution in [1.82, 2.24) is 0 Å². The van der Waals surface area contributed by atoms with Crippen molar-refractivity contribution in [3.05, 3.63) is 0 Å². The van der Waals surface area contributed by atoms with Crippen molar-refractivity contribution < 1.29 is 28.9 Å². The summed E-state index contributed by atoms with van der Waals surface area (Å²) in [5, 5.41) is 11.6. The monoisotopic (exact) mass is 530 g/mol. The van der Waals surface area contributed by atoms with E-state index in [1.807, 2.05) is 13.8 Å². The Kier molecular flexibility index (Phi) is 6.45. The average Bonchev–Trinajstić information content (AvgIpc) is 3.47. The predicted molar refractivity (Wildman–Crippen MR) is 143 cm³/mol. The second-order valence-electron chi connectivity index (χ2n) is 15.4. The molecule has 13 atom stereocenters. The molecule has 2 heterocycles. The van der Waals surface area contributed by atoms with E-state index < -0.39 is 18.0 Å². The molecule has 6 nitrogen and oxygen atoms in total. The molecule has 1 N–H and O–H groups in total. The number of carbonyl (C=O) groups is 2. The molecular weight excluding hydrogens is 480 g/mol. The third kappa shape index (κ3) is 3.97. The summed E-state index contributed by atoms with van der Waals surface area (Å²) in [6.07, 6.45) is 6.42. The second kappa shape index (κ2) is 9.01. The first-order chi connectivity index (χ1) is 17.7. The molecule has 4 saturated carbocycles. The molecule has 0 aromatic rings. The number of aliphatic hydroxyl groups excluding tert-OH is 1. The molecular formula is C32H50O6. The fourth-order valence-electron chi connectivity index (χ4n) is 11.0. The van der Waals surface area contributed by atoms with Crippen LogP contribution in [0.3, 0.4) is 0 Å². The van der Waals surface area contributed by atoms with E-state index in [0.29, 0.717) is 48.2 Å². The topological polar surface area (TPSA) is 82.1 Å². The highest BCUT2D eigenvalue weighted by Gasteiger charge is 2.65. The molecule has 2 saturated heterocycles. The van der Waals surface area contributed by atoms with Crippen LogP contribution in [0.25, 0.3) is 0 Å². The number of esters is 1. The number of ether oxygens (including phenoxy) is 3. The summed E-state index contributed by atoms with van der Waals surface area (Å²) in [6.45, 7) is 15.3. The summed E-state index contributed by atoms with van der Waals surface area (Å²) < 4.78 is 18.3. The second-order valence-corrected chi connectivity index (χ2v) is 15.4. The lowest BCUT2D eigenvalue weighted by Gasteiger charge is -2.61. The molecule has 6 aliphatic rings. The molecule has 2 aliphatic heterocycles. The Bertz CT molecular complexity index is 975. The van der Waals surface area contributed by atoms with Crippen LogP contribution in [-0.4, -0.2) is 47.1 Å². The highest BCUT2D eigenvalue weighted by Crippen LogP contribution is 2.68. The van der Waals surface area contributed by atoms with E-state index in [9.17, 15) is 14.7 Å². The molecule has 0 bridgehead atoms. The number of hydrogen-bond donors (Lipinski definition) is 1. The van der Waals surface area contributed by atoms with Gasteiger partial charge in [0.1, 0.15) is 11.9 Å². The first kappa shape index (κ1) is 27.2. The molecule has 214 valence electrons. The standard InChI is InChI=1S/C32H50O6/c1-16(2)18-13-27(34)36-29(18)28(35)17(3)20-8-9-21-19-12-24(33)23-14-25-26(38-30(4,5)37-25)15-32(23,7)22(19)10-11-31(20,21)6/h16-23,25-26,28-29,35H,8-15H2,1-7H3/t17-,18-,19-,20+,21-,22-,23+,25-,26+,28+,29+,31+,32+/m0/s1. The lowest BCUT2D eigenvalue weighted by atomic mass is 9.44. The van der Waals surface area contributed by atoms with Crippen molar-refractivity contribution in [1.29, 1.82) is 0 Å². The Morgan fingerprint density at radius 3 is 2.29 bits per heavy atom. The largest absolute Gasteiger partial charge is 0.459 e. The molecule has 6 rings (SSSR count). The molecule has 0 aromatic heterocycles. The predicted octanol–water partition coefficient (Wildman–Crippen LogP) is 5.54. The summed E-state index contributed by atoms with van der Waals surface area (Å²) in [5.74, 6) is 2.05. The van der Waals surface area contributed by atoms with E-state index >= 15 is 0 Å². The zero-order chi connectivity index (χ0) is 27.4. The smallest absolute Gasteiger partial charge is 0.306 e. The van der Waals surface area contributed by atoms with Gasteiger partial charge in [0, 0.05) is 18.3 Å². The quantitative estimate of drug-likeness (QED) is 0.481. The first-order valence-electron chi connectivity index (χ1n) is 15.5. The molecule has 0 radical (unpaired) electrons. The van der Waals surface area contributed by atoms with Crippen LogP contribution in [0.4, 0.5) is 0 Å². The molecule has 0 amide bonds. The van der Waals surface area contributed by atoms with Gasteiger partial charge < -0.3 is 19.3 Å². The number of Topliss-reactive ketones (excluding diaryl/α,β-unsaturated/α-hetero) is 1. The normalized spacial score (nSPS) is 51.1. The number of ketones is 1. The Labute approximate surface area is 228 Å². The Morgan fingerprint density at radius 1 is 0.895 bits per heavy atom. The van der Waals surface area contributed by atoms with Crippen molar-refractivity contribution in [2.45, 2.75) is 130 Å². The van der Waals surface area contributed by atoms with Gasteiger partial charge in [-0.2, -0.15) is 0 Å². The molecule has 0 unspecified atom stereocenters. The maximum Gasteiger partial charge on any atom is 0.306 e. The minimum atomic E-state index is -0.639. The third-order valence-electron chi connectivity index (χ3n) is 12.8. The highest BCUT2D eigenvalue weighted by molar-refractivity contribution is 5.83. The molecule has 6 fully saturated rings. The zero-order valence-electron chi connectivity index (χ0n) is 24.6. The Hall–Kier alpha value is -0.980. The Balaban J connectivity index is 1.22. The van der Waals surface area contributed by atoms with Crippen LogP contribution in [-0.2, 0) is 23.8 Å². The van der Waals surface area contributed by atoms with E-state index in [0.717, 1.165) is 38.5 Å². The van der Waals surface area contributed by atoms with Crippen molar-refractivity contribution in [2.75, 3.05) is 0 Å². The average molecular weight is 531 g/mol. The van der Waals surface area contributed by atoms with Crippen molar-refractivity contribution in [3.8, 4) is 0 Å². The van der Waals surface area contributed by atoms with Crippen molar-refractivity contribution in [3.63, 3.8) is 0 Å². The first-order valence-corrected chi connectivity index (χ1v) is 15.5. The van der Waals surface area contributed by atoms with Crippen LogP contribution < -0.4 is 0 Å². The number of fused-ring (bicyclic) bond motifs is 6. The number of aliphatic hydroxyl groups is 1. The summed E-state index contributed by atoms with van der Waals surface area (Å²) in [4.78, 5) is 25.9. The highest BCUT2D eigenvalue weighted by atomic mass is 16.8. The van der Waals surface area contributed by atoms with Gasteiger partial charge in [-0.3, -0.25) is 9.59 Å². The van der Waals surface area contributed by atoms with Gasteiger partial charge >= 0.3 is 5.97 Å². The molecule has 0 spiro atoms. The van der Waals surface area contributed by atoms with Gasteiger partial charge in [-0.15, -0.1) is 0 Å². The summed E-state index contributed by atoms with van der Waals surface area (Å²) in [6, 6.07) is 0. The van der Waals surface area contributed by atoms with Gasteiger partial charge in [-0.25, -0.2) is 0 Å². The van der Waals surface area contributed by atoms with Crippen LogP contribution in [0.15, 0.2) is 0 Å². The molecule has 0 aromatic carbocycles. The van der Waals surface area contributed by atoms with Crippen LogP contribution >= 0.6 is 0 Å². The summed E-state index contributed by atoms with van der Waals surface area (Å²) >= 11 is 0. The number of carbonyl (C=O) groups excluding carboxylic acids is 2. The van der Waals surface area contributed by atoms with E-state index in [1.54, 1.807) is 0 Å². The van der Waals surface area contributed by atoms with Crippen molar-refractivity contribution in [2.24, 2.45) is 58.2 Å². The van der Waals surface area contributed by atoms with Crippen LogP contribution in [0, 0.1) is 58.2 Å². The van der Waals surface area contributed by atoms with E-state index in [2.05, 4.69) is 34.6 Å². The van der Waals surface area contributed by atoms with Crippen LogP contribution in [0.5, 0.6) is 0 Å². The van der Waals surface area contributed by atoms with Gasteiger partial charge in [0.15, 0.2) is 5.79 Å². The lowest BCUT2D eigenvalue weighted by molar-refractivity contribution is -0.166. The van der Waals surface area contributed by atoms with E-state index in [1.165, 1.54) is 0 Å². The zero-order valence-corrected chi connectivity index (χ0v) is 24.6. The molecule has 6 heteroatoms. The lowest BCUT2D eigenvalue weighted by Crippen LogP contribution is -2.59. The third-order valence-corrected chi connectivity index (χ3v) is 12.8. The molecule has 4 aliphatic carbocycles. The minimum Gasteiger partial charge on any atom is -0.459 e. The fraction of sp³-hybridized carbons (Fsp3) is 0.938. The number of rotatable bonds is 4. The van der Waals surface area contributed by atoms with Gasteiger partial charge in [-0.05, 0) is 98.7 Å². The van der Waals surface area contributed by atoms with Gasteiger partial charge in [0.25, 0.3) is 0 Å². The van der Waals surface area contributed by atoms with Crippen LogP contribution in [0.1, 0.15) is 99.8 Å². The SMILES string of the molecule is CC(C)[C@@H]1CC(=O)O[C@H]1[C@H](O)[C@@H](C)[C@H]1CC[C@H]2[C@@H]3CC(=O)[C@H]4C[C@@H]5OC(C)(C)O[C@@H]5C[C@]4(C)[C@H]3CC[C@]12C. The van der Waals surface area contributed by atoms with E-state index in [4.69, 9.17) is 14.2 Å². The van der Waals surface area contributed by atoms with Gasteiger partial charge in [-0.1, -0.05) is 34.6 Å². The maximum atomic E-state index is 13.8. The van der Waals surface area contributed by atoms with Gasteiger partial charge in [0.2, 0.25) is 0 Å².